The van der Waals surface area contributed by atoms with Gasteiger partial charge in [-0.1, -0.05) is 0 Å². The maximum Gasteiger partial charge on any atom is 0.387 e. The SMILES string of the molecule is COc1ccc(-c2nnc(N[C@@H]3CCOC[C@H]3O)n3cncc23)c(OC(F)F)c1. The van der Waals surface area contributed by atoms with Gasteiger partial charge in [-0.3, -0.25) is 4.40 Å². The lowest BCUT2D eigenvalue weighted by Gasteiger charge is -2.28. The highest BCUT2D eigenvalue weighted by atomic mass is 19.3. The van der Waals surface area contributed by atoms with Crippen LogP contribution < -0.4 is 14.8 Å². The molecule has 0 radical (unpaired) electrons. The first-order valence-electron chi connectivity index (χ1n) is 8.91. The maximum atomic E-state index is 12.9. The number of nitrogens with one attached hydrogen (secondary N) is 1. The molecule has 154 valence electrons. The van der Waals surface area contributed by atoms with Crippen molar-refractivity contribution in [2.45, 2.75) is 25.2 Å². The molecule has 3 heterocycles. The summed E-state index contributed by atoms with van der Waals surface area (Å²) in [6.07, 6.45) is 2.99. The van der Waals surface area contributed by atoms with E-state index in [4.69, 9.17) is 9.47 Å². The third-order valence-corrected chi connectivity index (χ3v) is 4.65. The minimum absolute atomic E-state index is 0.0858. The van der Waals surface area contributed by atoms with Gasteiger partial charge in [0.25, 0.3) is 0 Å². The normalized spacial score (nSPS) is 19.5. The van der Waals surface area contributed by atoms with Gasteiger partial charge in [-0.25, -0.2) is 4.98 Å². The molecule has 1 fully saturated rings. The molecule has 2 aromatic heterocycles. The number of imidazole rings is 1. The molecule has 0 bridgehead atoms. The number of aromatic nitrogens is 4. The van der Waals surface area contributed by atoms with Crippen LogP contribution in [0, 0.1) is 0 Å². The minimum atomic E-state index is -3.01. The Kier molecular flexibility index (Phi) is 5.41. The van der Waals surface area contributed by atoms with E-state index in [1.165, 1.54) is 19.5 Å². The lowest BCUT2D eigenvalue weighted by Crippen LogP contribution is -2.42. The smallest absolute Gasteiger partial charge is 0.387 e. The first-order valence-corrected chi connectivity index (χ1v) is 8.91. The number of fused-ring (bicyclic) bond motifs is 1. The van der Waals surface area contributed by atoms with Crippen LogP contribution in [0.4, 0.5) is 14.7 Å². The topological polar surface area (TPSA) is 103 Å². The highest BCUT2D eigenvalue weighted by Gasteiger charge is 2.25. The summed E-state index contributed by atoms with van der Waals surface area (Å²) in [7, 11) is 1.43. The fraction of sp³-hybridized carbons (Fsp3) is 0.389. The largest absolute Gasteiger partial charge is 0.497 e. The predicted molar refractivity (Wildman–Crippen MR) is 98.3 cm³/mol. The number of hydrogen-bond donors (Lipinski definition) is 2. The fourth-order valence-corrected chi connectivity index (χ4v) is 3.20. The molecule has 0 unspecified atom stereocenters. The van der Waals surface area contributed by atoms with E-state index in [1.807, 2.05) is 0 Å². The number of hydrogen-bond acceptors (Lipinski definition) is 8. The van der Waals surface area contributed by atoms with Crippen LogP contribution >= 0.6 is 0 Å². The highest BCUT2D eigenvalue weighted by Crippen LogP contribution is 2.35. The molecule has 0 saturated carbocycles. The van der Waals surface area contributed by atoms with E-state index in [-0.39, 0.29) is 18.4 Å². The van der Waals surface area contributed by atoms with Crippen LogP contribution in [-0.4, -0.2) is 63.8 Å². The zero-order valence-corrected chi connectivity index (χ0v) is 15.5. The van der Waals surface area contributed by atoms with Gasteiger partial charge in [0.05, 0.1) is 37.6 Å². The van der Waals surface area contributed by atoms with Gasteiger partial charge in [0.2, 0.25) is 5.95 Å². The average molecular weight is 407 g/mol. The number of nitrogens with zero attached hydrogens (tertiary/aromatic N) is 4. The number of benzene rings is 1. The summed E-state index contributed by atoms with van der Waals surface area (Å²) >= 11 is 0. The van der Waals surface area contributed by atoms with Crippen molar-refractivity contribution in [3.8, 4) is 22.8 Å². The number of methoxy groups -OCH3 is 1. The van der Waals surface area contributed by atoms with Gasteiger partial charge in [-0.05, 0) is 18.6 Å². The number of rotatable bonds is 6. The molecular formula is C18H19F2N5O4. The van der Waals surface area contributed by atoms with Crippen LogP contribution in [0.25, 0.3) is 16.8 Å². The molecule has 2 atom stereocenters. The van der Waals surface area contributed by atoms with Gasteiger partial charge in [0, 0.05) is 18.2 Å². The standard InChI is InChI=1S/C18H19F2N5O4/c1-27-10-2-3-11(15(6-10)29-17(19)20)16-13-7-21-9-25(13)18(24-23-16)22-12-4-5-28-8-14(12)26/h2-3,6-7,9,12,14,17,26H,4-5,8H2,1H3,(H,22,24)/t12-,14-/m1/s1. The molecule has 11 heteroatoms. The summed E-state index contributed by atoms with van der Waals surface area (Å²) in [6, 6.07) is 4.30. The second-order valence-corrected chi connectivity index (χ2v) is 6.44. The number of anilines is 1. The predicted octanol–water partition coefficient (Wildman–Crippen LogP) is 1.96. The third-order valence-electron chi connectivity index (χ3n) is 4.65. The van der Waals surface area contributed by atoms with Crippen LogP contribution in [0.5, 0.6) is 11.5 Å². The van der Waals surface area contributed by atoms with Gasteiger partial charge in [-0.2, -0.15) is 8.78 Å². The van der Waals surface area contributed by atoms with Crippen LogP contribution in [-0.2, 0) is 4.74 Å². The molecule has 4 rings (SSSR count). The van der Waals surface area contributed by atoms with Crippen LogP contribution in [0.1, 0.15) is 6.42 Å². The Balaban J connectivity index is 1.74. The summed E-state index contributed by atoms with van der Waals surface area (Å²) < 4.78 is 42.4. The van der Waals surface area contributed by atoms with Gasteiger partial charge < -0.3 is 24.6 Å². The van der Waals surface area contributed by atoms with Gasteiger partial charge in [-0.15, -0.1) is 10.2 Å². The molecule has 0 amide bonds. The van der Waals surface area contributed by atoms with E-state index in [0.717, 1.165) is 0 Å². The van der Waals surface area contributed by atoms with Crippen molar-refractivity contribution >= 4 is 11.5 Å². The Labute approximate surface area is 164 Å². The van der Waals surface area contributed by atoms with Crippen LogP contribution in [0.3, 0.4) is 0 Å². The molecule has 0 spiro atoms. The minimum Gasteiger partial charge on any atom is -0.497 e. The molecule has 0 aliphatic carbocycles. The zero-order chi connectivity index (χ0) is 20.4. The van der Waals surface area contributed by atoms with E-state index >= 15 is 0 Å². The molecule has 1 saturated heterocycles. The highest BCUT2D eigenvalue weighted by molar-refractivity contribution is 5.81. The number of alkyl halides is 2. The van der Waals surface area contributed by atoms with Crippen molar-refractivity contribution in [3.05, 3.63) is 30.7 Å². The Hall–Kier alpha value is -3.05. The second kappa shape index (κ2) is 8.13. The van der Waals surface area contributed by atoms with Gasteiger partial charge in [0.15, 0.2) is 0 Å². The van der Waals surface area contributed by atoms with E-state index in [0.29, 0.717) is 41.5 Å². The molecule has 2 N–H and O–H groups in total. The summed E-state index contributed by atoms with van der Waals surface area (Å²) in [4.78, 5) is 4.13. The van der Waals surface area contributed by atoms with Gasteiger partial charge >= 0.3 is 6.61 Å². The summed E-state index contributed by atoms with van der Waals surface area (Å²) in [5.74, 6) is 0.656. The summed E-state index contributed by atoms with van der Waals surface area (Å²) in [5.41, 5.74) is 1.17. The quantitative estimate of drug-likeness (QED) is 0.639. The third kappa shape index (κ3) is 3.91. The number of halogens is 2. The fourth-order valence-electron chi connectivity index (χ4n) is 3.20. The lowest BCUT2D eigenvalue weighted by atomic mass is 10.1. The van der Waals surface area contributed by atoms with E-state index < -0.39 is 12.7 Å². The maximum absolute atomic E-state index is 12.9. The van der Waals surface area contributed by atoms with Crippen molar-refractivity contribution < 1.29 is 28.1 Å². The molecule has 9 nitrogen and oxygen atoms in total. The van der Waals surface area contributed by atoms with Crippen molar-refractivity contribution in [1.29, 1.82) is 0 Å². The summed E-state index contributed by atoms with van der Waals surface area (Å²) in [6.45, 7) is -2.25. The number of aliphatic hydroxyl groups excluding tert-OH is 1. The van der Waals surface area contributed by atoms with Crippen LogP contribution in [0.2, 0.25) is 0 Å². The van der Waals surface area contributed by atoms with E-state index in [9.17, 15) is 13.9 Å². The molecule has 1 aliphatic heterocycles. The van der Waals surface area contributed by atoms with E-state index in [2.05, 4.69) is 25.2 Å². The first-order chi connectivity index (χ1) is 14.1. The van der Waals surface area contributed by atoms with Crippen molar-refractivity contribution in [3.63, 3.8) is 0 Å². The second-order valence-electron chi connectivity index (χ2n) is 6.44. The molecule has 1 aromatic carbocycles. The molecule has 3 aromatic rings. The number of ether oxygens (including phenoxy) is 3. The Morgan fingerprint density at radius 2 is 2.21 bits per heavy atom. The Morgan fingerprint density at radius 1 is 1.34 bits per heavy atom. The monoisotopic (exact) mass is 407 g/mol. The first kappa shape index (κ1) is 19.3. The zero-order valence-electron chi connectivity index (χ0n) is 15.5. The summed E-state index contributed by atoms with van der Waals surface area (Å²) in [5, 5.41) is 21.6. The molecule has 29 heavy (non-hydrogen) atoms. The van der Waals surface area contributed by atoms with Crippen molar-refractivity contribution in [1.82, 2.24) is 19.6 Å². The molecular weight excluding hydrogens is 388 g/mol. The average Bonchev–Trinajstić information content (AvgIpc) is 3.20. The molecule has 1 aliphatic rings. The van der Waals surface area contributed by atoms with Crippen LogP contribution in [0.15, 0.2) is 30.7 Å². The Morgan fingerprint density at radius 3 is 2.97 bits per heavy atom. The number of aliphatic hydroxyl groups is 1. The Bertz CT molecular complexity index is 1000. The lowest BCUT2D eigenvalue weighted by molar-refractivity contribution is -0.0495. The van der Waals surface area contributed by atoms with Gasteiger partial charge in [0.1, 0.15) is 23.5 Å². The van der Waals surface area contributed by atoms with E-state index in [1.54, 1.807) is 22.7 Å². The van der Waals surface area contributed by atoms with Crippen molar-refractivity contribution in [2.24, 2.45) is 0 Å². The van der Waals surface area contributed by atoms with Crippen molar-refractivity contribution in [2.75, 3.05) is 25.6 Å².